The summed E-state index contributed by atoms with van der Waals surface area (Å²) in [6.45, 7) is 4.12. The number of aromatic carboxylic acids is 1. The maximum Gasteiger partial charge on any atom is 0.335 e. The summed E-state index contributed by atoms with van der Waals surface area (Å²) in [6, 6.07) is 2.76. The topological polar surface area (TPSA) is 80.7 Å². The van der Waals surface area contributed by atoms with Crippen LogP contribution in [0.2, 0.25) is 0 Å². The van der Waals surface area contributed by atoms with Crippen LogP contribution in [0, 0.1) is 13.8 Å². The molecule has 1 aliphatic heterocycles. The van der Waals surface area contributed by atoms with E-state index in [0.717, 1.165) is 12.8 Å². The van der Waals surface area contributed by atoms with Gasteiger partial charge in [-0.15, -0.1) is 0 Å². The molecule has 1 aliphatic rings. The molecule has 1 aromatic carbocycles. The Labute approximate surface area is 124 Å². The van der Waals surface area contributed by atoms with Gasteiger partial charge in [-0.3, -0.25) is 0 Å². The van der Waals surface area contributed by atoms with Gasteiger partial charge in [0, 0.05) is 6.61 Å². The molecule has 1 saturated heterocycles. The number of carbonyl (C=O) groups is 1. The number of ether oxygens (including phenoxy) is 1. The van der Waals surface area contributed by atoms with Crippen molar-refractivity contribution in [3.05, 3.63) is 28.8 Å². The van der Waals surface area contributed by atoms with Crippen molar-refractivity contribution in [2.45, 2.75) is 44.1 Å². The minimum atomic E-state index is -3.50. The molecule has 0 amide bonds. The minimum Gasteiger partial charge on any atom is -0.478 e. The fourth-order valence-electron chi connectivity index (χ4n) is 2.54. The van der Waals surface area contributed by atoms with Crippen molar-refractivity contribution >= 4 is 15.8 Å². The predicted molar refractivity (Wildman–Crippen MR) is 78.5 cm³/mol. The molecule has 21 heavy (non-hydrogen) atoms. The number of aryl methyl sites for hydroxylation is 1. The Morgan fingerprint density at radius 2 is 2.10 bits per heavy atom. The lowest BCUT2D eigenvalue weighted by molar-refractivity contribution is 0.0696. The predicted octanol–water partition coefficient (Wildman–Crippen LogP) is 2.34. The maximum absolute atomic E-state index is 12.5. The number of hydrogen-bond donors (Lipinski definition) is 1. The molecule has 116 valence electrons. The second-order valence-electron chi connectivity index (χ2n) is 5.46. The van der Waals surface area contributed by atoms with Crippen LogP contribution in [0.3, 0.4) is 0 Å². The van der Waals surface area contributed by atoms with Crippen molar-refractivity contribution in [1.29, 1.82) is 0 Å². The summed E-state index contributed by atoms with van der Waals surface area (Å²) in [5, 5.41) is 9.08. The lowest BCUT2D eigenvalue weighted by atomic mass is 10.1. The van der Waals surface area contributed by atoms with Crippen LogP contribution in [0.25, 0.3) is 0 Å². The van der Waals surface area contributed by atoms with Crippen LogP contribution in [0.4, 0.5) is 0 Å². The third-order valence-electron chi connectivity index (χ3n) is 3.93. The van der Waals surface area contributed by atoms with Crippen molar-refractivity contribution < 1.29 is 23.1 Å². The van der Waals surface area contributed by atoms with Crippen molar-refractivity contribution in [1.82, 2.24) is 0 Å². The summed E-state index contributed by atoms with van der Waals surface area (Å²) in [6.07, 6.45) is 2.32. The number of rotatable bonds is 5. The van der Waals surface area contributed by atoms with E-state index in [9.17, 15) is 13.2 Å². The van der Waals surface area contributed by atoms with Gasteiger partial charge in [0.05, 0.1) is 22.3 Å². The molecule has 0 bridgehead atoms. The average Bonchev–Trinajstić information content (AvgIpc) is 2.92. The van der Waals surface area contributed by atoms with Gasteiger partial charge in [-0.05, 0) is 56.4 Å². The van der Waals surface area contributed by atoms with E-state index in [1.807, 2.05) is 0 Å². The van der Waals surface area contributed by atoms with E-state index in [1.54, 1.807) is 13.8 Å². The lowest BCUT2D eigenvalue weighted by Crippen LogP contribution is -2.16. The van der Waals surface area contributed by atoms with Crippen LogP contribution in [-0.2, 0) is 14.6 Å². The third-order valence-corrected chi connectivity index (χ3v) is 5.80. The first-order valence-corrected chi connectivity index (χ1v) is 8.65. The quantitative estimate of drug-likeness (QED) is 0.902. The first-order chi connectivity index (χ1) is 9.81. The number of carboxylic acids is 1. The summed E-state index contributed by atoms with van der Waals surface area (Å²) in [5.74, 6) is -1.13. The van der Waals surface area contributed by atoms with Crippen LogP contribution in [0.5, 0.6) is 0 Å². The highest BCUT2D eigenvalue weighted by Gasteiger charge is 2.24. The van der Waals surface area contributed by atoms with Gasteiger partial charge in [0.1, 0.15) is 0 Å². The SMILES string of the molecule is Cc1cc(C(=O)O)cc(S(=O)(=O)CCC2CCCO2)c1C. The molecule has 2 rings (SSSR count). The Morgan fingerprint density at radius 3 is 2.67 bits per heavy atom. The molecular formula is C15H20O5S. The van der Waals surface area contributed by atoms with Gasteiger partial charge in [0.2, 0.25) is 0 Å². The van der Waals surface area contributed by atoms with E-state index in [1.165, 1.54) is 12.1 Å². The van der Waals surface area contributed by atoms with Crippen molar-refractivity contribution in [3.63, 3.8) is 0 Å². The van der Waals surface area contributed by atoms with Crippen molar-refractivity contribution in [2.24, 2.45) is 0 Å². The Hall–Kier alpha value is -1.40. The molecule has 0 spiro atoms. The summed E-state index contributed by atoms with van der Waals surface area (Å²) in [4.78, 5) is 11.2. The Bertz CT molecular complexity index is 642. The fourth-order valence-corrected chi connectivity index (χ4v) is 4.27. The highest BCUT2D eigenvalue weighted by atomic mass is 32.2. The number of benzene rings is 1. The Morgan fingerprint density at radius 1 is 1.38 bits per heavy atom. The fraction of sp³-hybridized carbons (Fsp3) is 0.533. The van der Waals surface area contributed by atoms with Gasteiger partial charge >= 0.3 is 5.97 Å². The first-order valence-electron chi connectivity index (χ1n) is 7.00. The van der Waals surface area contributed by atoms with Gasteiger partial charge in [-0.1, -0.05) is 0 Å². The van der Waals surface area contributed by atoms with Gasteiger partial charge in [-0.2, -0.15) is 0 Å². The largest absolute Gasteiger partial charge is 0.478 e. The maximum atomic E-state index is 12.5. The molecule has 1 heterocycles. The average molecular weight is 312 g/mol. The lowest BCUT2D eigenvalue weighted by Gasteiger charge is -2.13. The van der Waals surface area contributed by atoms with Crippen LogP contribution in [0.15, 0.2) is 17.0 Å². The molecular weight excluding hydrogens is 292 g/mol. The van der Waals surface area contributed by atoms with Crippen LogP contribution < -0.4 is 0 Å². The Kier molecular flexibility index (Phi) is 4.68. The van der Waals surface area contributed by atoms with E-state index >= 15 is 0 Å². The third kappa shape index (κ3) is 3.63. The highest BCUT2D eigenvalue weighted by molar-refractivity contribution is 7.91. The molecule has 1 unspecified atom stereocenters. The van der Waals surface area contributed by atoms with E-state index in [2.05, 4.69) is 0 Å². The summed E-state index contributed by atoms with van der Waals surface area (Å²) in [5.41, 5.74) is 1.30. The zero-order valence-electron chi connectivity index (χ0n) is 12.3. The second kappa shape index (κ2) is 6.15. The van der Waals surface area contributed by atoms with Crippen molar-refractivity contribution in [2.75, 3.05) is 12.4 Å². The first kappa shape index (κ1) is 16.0. The molecule has 0 radical (unpaired) electrons. The smallest absolute Gasteiger partial charge is 0.335 e. The Balaban J connectivity index is 2.27. The van der Waals surface area contributed by atoms with Crippen molar-refractivity contribution in [3.8, 4) is 0 Å². The molecule has 6 heteroatoms. The number of carboxylic acid groups (broad SMARTS) is 1. The van der Waals surface area contributed by atoms with Gasteiger partial charge in [-0.25, -0.2) is 13.2 Å². The number of sulfone groups is 1. The monoisotopic (exact) mass is 312 g/mol. The van der Waals surface area contributed by atoms with Gasteiger partial charge in [0.25, 0.3) is 0 Å². The minimum absolute atomic E-state index is 0.00355. The van der Waals surface area contributed by atoms with Gasteiger partial charge < -0.3 is 9.84 Å². The zero-order valence-corrected chi connectivity index (χ0v) is 13.1. The normalized spacial score (nSPS) is 18.9. The highest BCUT2D eigenvalue weighted by Crippen LogP contribution is 2.24. The van der Waals surface area contributed by atoms with Gasteiger partial charge in [0.15, 0.2) is 9.84 Å². The summed E-state index contributed by atoms with van der Waals surface area (Å²) >= 11 is 0. The van der Waals surface area contributed by atoms with E-state index in [4.69, 9.17) is 9.84 Å². The molecule has 1 atom stereocenters. The summed E-state index contributed by atoms with van der Waals surface area (Å²) in [7, 11) is -3.50. The van der Waals surface area contributed by atoms with Crippen LogP contribution in [-0.4, -0.2) is 38.0 Å². The van der Waals surface area contributed by atoms with Crippen LogP contribution >= 0.6 is 0 Å². The van der Waals surface area contributed by atoms with Crippen LogP contribution in [0.1, 0.15) is 40.7 Å². The van der Waals surface area contributed by atoms with E-state index < -0.39 is 15.8 Å². The van der Waals surface area contributed by atoms with E-state index in [-0.39, 0.29) is 22.3 Å². The van der Waals surface area contributed by atoms with E-state index in [0.29, 0.717) is 24.2 Å². The molecule has 5 nitrogen and oxygen atoms in total. The second-order valence-corrected chi connectivity index (χ2v) is 7.54. The molecule has 1 aromatic rings. The number of hydrogen-bond acceptors (Lipinski definition) is 4. The molecule has 0 aromatic heterocycles. The zero-order chi connectivity index (χ0) is 15.6. The standard InChI is InChI=1S/C15H20O5S/c1-10-8-12(15(16)17)9-14(11(10)2)21(18,19)7-5-13-4-3-6-20-13/h8-9,13H,3-7H2,1-2H3,(H,16,17). The molecule has 0 aliphatic carbocycles. The molecule has 1 fully saturated rings. The summed E-state index contributed by atoms with van der Waals surface area (Å²) < 4.78 is 30.4. The molecule has 0 saturated carbocycles. The molecule has 1 N–H and O–H groups in total.